The number of benzene rings is 1. The minimum atomic E-state index is 1.19. The molecular weight excluding hydrogens is 220 g/mol. The van der Waals surface area contributed by atoms with Gasteiger partial charge in [-0.25, -0.2) is 0 Å². The molecule has 18 heavy (non-hydrogen) atoms. The molecule has 2 heteroatoms. The molecule has 2 heterocycles. The summed E-state index contributed by atoms with van der Waals surface area (Å²) in [5.74, 6) is 0. The molecule has 0 aliphatic rings. The van der Waals surface area contributed by atoms with Gasteiger partial charge in [-0.15, -0.1) is 0 Å². The molecule has 0 aliphatic carbocycles. The van der Waals surface area contributed by atoms with Crippen LogP contribution in [-0.4, -0.2) is 9.97 Å². The van der Waals surface area contributed by atoms with Crippen molar-refractivity contribution in [2.24, 2.45) is 0 Å². The minimum absolute atomic E-state index is 1.19. The average molecular weight is 232 g/mol. The second-order valence-corrected chi connectivity index (χ2v) is 4.05. The van der Waals surface area contributed by atoms with Crippen LogP contribution in [0.15, 0.2) is 73.3 Å². The minimum Gasteiger partial charge on any atom is -0.265 e. The van der Waals surface area contributed by atoms with Gasteiger partial charge in [0.2, 0.25) is 0 Å². The second kappa shape index (κ2) is 4.80. The number of hydrogen-bond acceptors (Lipinski definition) is 2. The Kier molecular flexibility index (Phi) is 2.84. The summed E-state index contributed by atoms with van der Waals surface area (Å²) in [6.45, 7) is 0. The molecule has 2 aromatic heterocycles. The summed E-state index contributed by atoms with van der Waals surface area (Å²) in [5.41, 5.74) is 4.78. The van der Waals surface area contributed by atoms with Crippen molar-refractivity contribution in [2.45, 2.75) is 0 Å². The topological polar surface area (TPSA) is 25.8 Å². The first kappa shape index (κ1) is 10.7. The molecule has 0 saturated heterocycles. The summed E-state index contributed by atoms with van der Waals surface area (Å²) < 4.78 is 0. The summed E-state index contributed by atoms with van der Waals surface area (Å²) in [5, 5.41) is 0. The molecule has 3 aromatic rings. The largest absolute Gasteiger partial charge is 0.265 e. The van der Waals surface area contributed by atoms with Gasteiger partial charge in [0.1, 0.15) is 0 Å². The maximum Gasteiger partial charge on any atom is 0.0273 e. The zero-order valence-electron chi connectivity index (χ0n) is 9.82. The van der Waals surface area contributed by atoms with E-state index in [1.54, 1.807) is 0 Å². The van der Waals surface area contributed by atoms with Crippen LogP contribution < -0.4 is 0 Å². The van der Waals surface area contributed by atoms with Gasteiger partial charge >= 0.3 is 0 Å². The first-order valence-electron chi connectivity index (χ1n) is 5.84. The lowest BCUT2D eigenvalue weighted by molar-refractivity contribution is 1.33. The zero-order chi connectivity index (χ0) is 12.2. The van der Waals surface area contributed by atoms with E-state index in [4.69, 9.17) is 0 Å². The SMILES string of the molecule is c1cc(-c2ccc(-c3ccncc3)cc2)ccn1. The van der Waals surface area contributed by atoms with Crippen molar-refractivity contribution in [3.8, 4) is 22.3 Å². The van der Waals surface area contributed by atoms with Gasteiger partial charge in [-0.05, 0) is 46.5 Å². The molecule has 1 aromatic carbocycles. The molecule has 86 valence electrons. The highest BCUT2D eigenvalue weighted by molar-refractivity contribution is 5.69. The Morgan fingerprint density at radius 1 is 0.389 bits per heavy atom. The number of pyridine rings is 2. The fraction of sp³-hybridized carbons (Fsp3) is 0. The molecular formula is C16H12N2. The third-order valence-corrected chi connectivity index (χ3v) is 2.91. The van der Waals surface area contributed by atoms with Crippen LogP contribution >= 0.6 is 0 Å². The molecule has 3 rings (SSSR count). The maximum atomic E-state index is 4.03. The molecule has 0 radical (unpaired) electrons. The lowest BCUT2D eigenvalue weighted by atomic mass is 10.0. The van der Waals surface area contributed by atoms with Gasteiger partial charge in [0.15, 0.2) is 0 Å². The quantitative estimate of drug-likeness (QED) is 0.671. The average Bonchev–Trinajstić information content (AvgIpc) is 2.49. The highest BCUT2D eigenvalue weighted by Crippen LogP contribution is 2.23. The van der Waals surface area contributed by atoms with Crippen LogP contribution in [0, 0.1) is 0 Å². The Labute approximate surface area is 106 Å². The van der Waals surface area contributed by atoms with E-state index in [0.29, 0.717) is 0 Å². The van der Waals surface area contributed by atoms with E-state index >= 15 is 0 Å². The lowest BCUT2D eigenvalue weighted by Gasteiger charge is -2.04. The third-order valence-electron chi connectivity index (χ3n) is 2.91. The van der Waals surface area contributed by atoms with Gasteiger partial charge in [0, 0.05) is 24.8 Å². The monoisotopic (exact) mass is 232 g/mol. The van der Waals surface area contributed by atoms with Crippen molar-refractivity contribution >= 4 is 0 Å². The van der Waals surface area contributed by atoms with Gasteiger partial charge in [0.25, 0.3) is 0 Å². The van der Waals surface area contributed by atoms with Crippen molar-refractivity contribution < 1.29 is 0 Å². The molecule has 0 bridgehead atoms. The first-order valence-corrected chi connectivity index (χ1v) is 5.84. The van der Waals surface area contributed by atoms with E-state index < -0.39 is 0 Å². The molecule has 2 nitrogen and oxygen atoms in total. The summed E-state index contributed by atoms with van der Waals surface area (Å²) >= 11 is 0. The van der Waals surface area contributed by atoms with Gasteiger partial charge in [-0.1, -0.05) is 24.3 Å². The number of nitrogens with zero attached hydrogens (tertiary/aromatic N) is 2. The standard InChI is InChI=1S/C16H12N2/c1-2-14(16-7-11-18-12-8-16)4-3-13(1)15-5-9-17-10-6-15/h1-12H. The van der Waals surface area contributed by atoms with E-state index in [2.05, 4.69) is 34.2 Å². The normalized spacial score (nSPS) is 10.2. The smallest absolute Gasteiger partial charge is 0.0273 e. The molecule has 0 saturated carbocycles. The predicted molar refractivity (Wildman–Crippen MR) is 72.9 cm³/mol. The Morgan fingerprint density at radius 2 is 0.667 bits per heavy atom. The van der Waals surface area contributed by atoms with Crippen LogP contribution in [0.5, 0.6) is 0 Å². The molecule has 0 spiro atoms. The zero-order valence-corrected chi connectivity index (χ0v) is 9.82. The summed E-state index contributed by atoms with van der Waals surface area (Å²) in [6, 6.07) is 16.6. The number of rotatable bonds is 2. The van der Waals surface area contributed by atoms with Crippen LogP contribution in [0.25, 0.3) is 22.3 Å². The molecule has 0 aliphatic heterocycles. The molecule has 0 amide bonds. The summed E-state index contributed by atoms with van der Waals surface area (Å²) in [4.78, 5) is 8.06. The van der Waals surface area contributed by atoms with E-state index in [0.717, 1.165) is 0 Å². The van der Waals surface area contributed by atoms with Crippen LogP contribution in [-0.2, 0) is 0 Å². The van der Waals surface area contributed by atoms with Crippen molar-refractivity contribution in [3.63, 3.8) is 0 Å². The second-order valence-electron chi connectivity index (χ2n) is 4.05. The van der Waals surface area contributed by atoms with E-state index in [9.17, 15) is 0 Å². The van der Waals surface area contributed by atoms with Crippen LogP contribution in [0.4, 0.5) is 0 Å². The third kappa shape index (κ3) is 2.13. The van der Waals surface area contributed by atoms with Crippen LogP contribution in [0.2, 0.25) is 0 Å². The van der Waals surface area contributed by atoms with E-state index in [1.807, 2.05) is 49.1 Å². The number of hydrogen-bond donors (Lipinski definition) is 0. The van der Waals surface area contributed by atoms with Gasteiger partial charge in [0.05, 0.1) is 0 Å². The fourth-order valence-electron chi connectivity index (χ4n) is 1.94. The highest BCUT2D eigenvalue weighted by Gasteiger charge is 1.99. The summed E-state index contributed by atoms with van der Waals surface area (Å²) in [7, 11) is 0. The highest BCUT2D eigenvalue weighted by atomic mass is 14.6. The Morgan fingerprint density at radius 3 is 1.00 bits per heavy atom. The molecule has 0 unspecified atom stereocenters. The fourth-order valence-corrected chi connectivity index (χ4v) is 1.94. The lowest BCUT2D eigenvalue weighted by Crippen LogP contribution is -1.81. The Bertz CT molecular complexity index is 558. The van der Waals surface area contributed by atoms with Crippen molar-refractivity contribution in [3.05, 3.63) is 73.3 Å². The Hall–Kier alpha value is -2.48. The van der Waals surface area contributed by atoms with Crippen LogP contribution in [0.1, 0.15) is 0 Å². The van der Waals surface area contributed by atoms with Crippen molar-refractivity contribution in [2.75, 3.05) is 0 Å². The molecule has 0 N–H and O–H groups in total. The first-order chi connectivity index (χ1) is 8.93. The van der Waals surface area contributed by atoms with E-state index in [1.165, 1.54) is 22.3 Å². The predicted octanol–water partition coefficient (Wildman–Crippen LogP) is 3.81. The maximum absolute atomic E-state index is 4.03. The molecule has 0 atom stereocenters. The van der Waals surface area contributed by atoms with Crippen molar-refractivity contribution in [1.29, 1.82) is 0 Å². The Balaban J connectivity index is 1.95. The van der Waals surface area contributed by atoms with Gasteiger partial charge < -0.3 is 0 Å². The number of aromatic nitrogens is 2. The van der Waals surface area contributed by atoms with E-state index in [-0.39, 0.29) is 0 Å². The molecule has 0 fully saturated rings. The van der Waals surface area contributed by atoms with Crippen LogP contribution in [0.3, 0.4) is 0 Å². The van der Waals surface area contributed by atoms with Gasteiger partial charge in [-0.2, -0.15) is 0 Å². The van der Waals surface area contributed by atoms with Gasteiger partial charge in [-0.3, -0.25) is 9.97 Å². The summed E-state index contributed by atoms with van der Waals surface area (Å²) in [6.07, 6.45) is 7.25. The van der Waals surface area contributed by atoms with Crippen molar-refractivity contribution in [1.82, 2.24) is 9.97 Å².